The molecule has 0 radical (unpaired) electrons. The van der Waals surface area contributed by atoms with Crippen LogP contribution >= 0.6 is 23.2 Å². The number of ether oxygens (including phenoxy) is 1. The molecule has 5 nitrogen and oxygen atoms in total. The second-order valence-corrected chi connectivity index (χ2v) is 7.98. The lowest BCUT2D eigenvalue weighted by molar-refractivity contribution is 0.0616. The predicted molar refractivity (Wildman–Crippen MR) is 112 cm³/mol. The van der Waals surface area contributed by atoms with Crippen molar-refractivity contribution < 1.29 is 9.53 Å². The summed E-state index contributed by atoms with van der Waals surface area (Å²) < 4.78 is 7.60. The largest absolute Gasteiger partial charge is 0.381 e. The van der Waals surface area contributed by atoms with Gasteiger partial charge in [0.25, 0.3) is 5.91 Å². The number of nitrogens with zero attached hydrogens (tertiary/aromatic N) is 2. The fraction of sp³-hybridized carbons (Fsp3) is 0.333. The van der Waals surface area contributed by atoms with Crippen molar-refractivity contribution >= 4 is 45.8 Å². The Morgan fingerprint density at radius 2 is 1.96 bits per heavy atom. The van der Waals surface area contributed by atoms with E-state index < -0.39 is 0 Å². The Hall–Kier alpha value is -2.08. The number of pyridine rings is 1. The molecule has 0 aliphatic carbocycles. The molecular formula is C21H21Cl2N3O2. The number of amides is 1. The van der Waals surface area contributed by atoms with Crippen molar-refractivity contribution in [2.24, 2.45) is 5.92 Å². The molecule has 0 atom stereocenters. The molecule has 4 rings (SSSR count). The number of hydrogen-bond donors (Lipinski definition) is 1. The second-order valence-electron chi connectivity index (χ2n) is 7.17. The van der Waals surface area contributed by atoms with E-state index in [4.69, 9.17) is 27.9 Å². The summed E-state index contributed by atoms with van der Waals surface area (Å²) in [5.41, 5.74) is 2.84. The maximum atomic E-state index is 12.7. The van der Waals surface area contributed by atoms with Crippen molar-refractivity contribution in [2.45, 2.75) is 26.3 Å². The van der Waals surface area contributed by atoms with Crippen LogP contribution in [0.25, 0.3) is 11.0 Å². The minimum absolute atomic E-state index is 0.293. The summed E-state index contributed by atoms with van der Waals surface area (Å²) in [6.07, 6.45) is 5.72. The topological polar surface area (TPSA) is 56.2 Å². The molecule has 1 N–H and O–H groups in total. The van der Waals surface area contributed by atoms with E-state index >= 15 is 0 Å². The van der Waals surface area contributed by atoms with Crippen LogP contribution in [0, 0.1) is 12.8 Å². The van der Waals surface area contributed by atoms with Gasteiger partial charge in [0.2, 0.25) is 0 Å². The average Bonchev–Trinajstić information content (AvgIpc) is 3.01. The normalized spacial score (nSPS) is 15.1. The number of nitrogens with one attached hydrogen (secondary N) is 1. The van der Waals surface area contributed by atoms with E-state index in [1.807, 2.05) is 6.92 Å². The molecule has 1 aromatic carbocycles. The summed E-state index contributed by atoms with van der Waals surface area (Å²) in [7, 11) is 0. The number of aryl methyl sites for hydroxylation is 1. The van der Waals surface area contributed by atoms with Gasteiger partial charge in [-0.2, -0.15) is 0 Å². The zero-order valence-corrected chi connectivity index (χ0v) is 17.1. The number of halogens is 2. The summed E-state index contributed by atoms with van der Waals surface area (Å²) in [6.45, 7) is 4.50. The molecule has 7 heteroatoms. The third kappa shape index (κ3) is 3.88. The Morgan fingerprint density at radius 3 is 2.68 bits per heavy atom. The highest BCUT2D eigenvalue weighted by Gasteiger charge is 2.21. The Morgan fingerprint density at radius 1 is 1.25 bits per heavy atom. The van der Waals surface area contributed by atoms with Gasteiger partial charge in [0.05, 0.1) is 10.6 Å². The van der Waals surface area contributed by atoms with E-state index in [0.29, 0.717) is 27.2 Å². The van der Waals surface area contributed by atoms with Crippen molar-refractivity contribution in [2.75, 3.05) is 18.5 Å². The average molecular weight is 418 g/mol. The molecule has 0 spiro atoms. The molecule has 3 aromatic rings. The zero-order valence-electron chi connectivity index (χ0n) is 15.5. The smallest absolute Gasteiger partial charge is 0.258 e. The summed E-state index contributed by atoms with van der Waals surface area (Å²) in [5.74, 6) is 0.274. The van der Waals surface area contributed by atoms with Crippen molar-refractivity contribution in [1.29, 1.82) is 0 Å². The number of hydrogen-bond acceptors (Lipinski definition) is 3. The van der Waals surface area contributed by atoms with Crippen LogP contribution in [-0.4, -0.2) is 28.7 Å². The van der Waals surface area contributed by atoms with E-state index in [9.17, 15) is 4.79 Å². The van der Waals surface area contributed by atoms with Crippen LogP contribution in [-0.2, 0) is 11.3 Å². The van der Waals surface area contributed by atoms with Crippen molar-refractivity contribution in [1.82, 2.24) is 9.55 Å². The first kappa shape index (κ1) is 19.2. The van der Waals surface area contributed by atoms with E-state index in [1.54, 1.807) is 30.5 Å². The molecule has 2 aromatic heterocycles. The first-order valence-electron chi connectivity index (χ1n) is 9.31. The highest BCUT2D eigenvalue weighted by molar-refractivity contribution is 6.39. The van der Waals surface area contributed by atoms with Crippen LogP contribution in [0.4, 0.5) is 5.69 Å². The van der Waals surface area contributed by atoms with Gasteiger partial charge >= 0.3 is 0 Å². The van der Waals surface area contributed by atoms with Gasteiger partial charge in [0.15, 0.2) is 0 Å². The fourth-order valence-corrected chi connectivity index (χ4v) is 4.14. The number of carbonyl (C=O) groups excluding carboxylic acids is 1. The molecule has 0 saturated carbocycles. The molecule has 1 fully saturated rings. The summed E-state index contributed by atoms with van der Waals surface area (Å²) in [6, 6.07) is 6.94. The van der Waals surface area contributed by atoms with Gasteiger partial charge in [-0.25, -0.2) is 4.98 Å². The molecule has 1 aliphatic heterocycles. The highest BCUT2D eigenvalue weighted by atomic mass is 35.5. The van der Waals surface area contributed by atoms with Gasteiger partial charge in [0, 0.05) is 48.2 Å². The number of anilines is 1. The quantitative estimate of drug-likeness (QED) is 0.623. The van der Waals surface area contributed by atoms with Crippen LogP contribution in [0.3, 0.4) is 0 Å². The van der Waals surface area contributed by atoms with Gasteiger partial charge in [0.1, 0.15) is 5.65 Å². The molecule has 28 heavy (non-hydrogen) atoms. The summed E-state index contributed by atoms with van der Waals surface area (Å²) in [5, 5.41) is 4.71. The molecule has 3 heterocycles. The maximum Gasteiger partial charge on any atom is 0.258 e. The van der Waals surface area contributed by atoms with Gasteiger partial charge in [-0.3, -0.25) is 4.79 Å². The van der Waals surface area contributed by atoms with E-state index in [2.05, 4.69) is 21.1 Å². The minimum atomic E-state index is -0.293. The molecular weight excluding hydrogens is 397 g/mol. The van der Waals surface area contributed by atoms with Crippen molar-refractivity contribution in [3.63, 3.8) is 0 Å². The third-order valence-electron chi connectivity index (χ3n) is 5.15. The lowest BCUT2D eigenvalue weighted by Gasteiger charge is -2.22. The Kier molecular flexibility index (Phi) is 5.58. The first-order valence-corrected chi connectivity index (χ1v) is 10.1. The van der Waals surface area contributed by atoms with Crippen LogP contribution in [0.5, 0.6) is 0 Å². The minimum Gasteiger partial charge on any atom is -0.381 e. The number of aromatic nitrogens is 2. The van der Waals surface area contributed by atoms with E-state index in [0.717, 1.165) is 49.2 Å². The van der Waals surface area contributed by atoms with Crippen LogP contribution in [0.2, 0.25) is 10.0 Å². The van der Waals surface area contributed by atoms with Crippen LogP contribution in [0.1, 0.15) is 28.8 Å². The highest BCUT2D eigenvalue weighted by Crippen LogP contribution is 2.31. The Labute approximate surface area is 173 Å². The third-order valence-corrected chi connectivity index (χ3v) is 5.80. The van der Waals surface area contributed by atoms with Crippen molar-refractivity contribution in [3.8, 4) is 0 Å². The monoisotopic (exact) mass is 417 g/mol. The lowest BCUT2D eigenvalue weighted by Crippen LogP contribution is -2.20. The van der Waals surface area contributed by atoms with Gasteiger partial charge in [-0.05, 0) is 55.5 Å². The van der Waals surface area contributed by atoms with Gasteiger partial charge in [-0.15, -0.1) is 0 Å². The fourth-order valence-electron chi connectivity index (χ4n) is 3.64. The molecule has 1 saturated heterocycles. The molecule has 146 valence electrons. The number of rotatable bonds is 4. The van der Waals surface area contributed by atoms with E-state index in [1.165, 1.54) is 0 Å². The van der Waals surface area contributed by atoms with Gasteiger partial charge < -0.3 is 14.6 Å². The SMILES string of the molecule is Cc1cn(CC2CCOCC2)c2ncc(C(=O)Nc3ccc(Cl)cc3)c(Cl)c12. The van der Waals surface area contributed by atoms with Crippen LogP contribution in [0.15, 0.2) is 36.7 Å². The van der Waals surface area contributed by atoms with Crippen LogP contribution < -0.4 is 5.32 Å². The number of carbonyl (C=O) groups is 1. The lowest BCUT2D eigenvalue weighted by atomic mass is 10.0. The molecule has 0 unspecified atom stereocenters. The summed E-state index contributed by atoms with van der Waals surface area (Å²) >= 11 is 12.5. The Bertz CT molecular complexity index is 1010. The molecule has 1 aliphatic rings. The van der Waals surface area contributed by atoms with E-state index in [-0.39, 0.29) is 5.91 Å². The summed E-state index contributed by atoms with van der Waals surface area (Å²) in [4.78, 5) is 17.3. The molecule has 1 amide bonds. The first-order chi connectivity index (χ1) is 13.5. The number of benzene rings is 1. The zero-order chi connectivity index (χ0) is 19.7. The molecule has 0 bridgehead atoms. The maximum absolute atomic E-state index is 12.7. The van der Waals surface area contributed by atoms with Gasteiger partial charge in [-0.1, -0.05) is 23.2 Å². The Balaban J connectivity index is 1.62. The van der Waals surface area contributed by atoms with Crippen molar-refractivity contribution in [3.05, 3.63) is 57.8 Å². The predicted octanol–water partition coefficient (Wildman–Crippen LogP) is 5.33. The standard InChI is InChI=1S/C21H21Cl2N3O2/c1-13-11-26(12-14-6-8-28-9-7-14)20-18(13)19(23)17(10-24-20)21(27)25-16-4-2-15(22)3-5-16/h2-5,10-11,14H,6-9,12H2,1H3,(H,25,27). The number of fused-ring (bicyclic) bond motifs is 1. The second kappa shape index (κ2) is 8.11.